The molecule has 0 aliphatic carbocycles. The van der Waals surface area contributed by atoms with Crippen molar-refractivity contribution in [3.63, 3.8) is 0 Å². The normalized spacial score (nSPS) is 26.5. The summed E-state index contributed by atoms with van der Waals surface area (Å²) in [5, 5.41) is 20.6. The maximum absolute atomic E-state index is 13.2. The van der Waals surface area contributed by atoms with Gasteiger partial charge in [-0.05, 0) is 38.1 Å². The summed E-state index contributed by atoms with van der Waals surface area (Å²) in [7, 11) is 5.33. The van der Waals surface area contributed by atoms with E-state index < -0.39 is 22.9 Å². The lowest BCUT2D eigenvalue weighted by Gasteiger charge is -2.43. The first-order chi connectivity index (χ1) is 17.0. The van der Waals surface area contributed by atoms with Crippen molar-refractivity contribution in [2.75, 3.05) is 27.7 Å². The molecule has 4 rings (SSSR count). The predicted molar refractivity (Wildman–Crippen MR) is 134 cm³/mol. The zero-order valence-electron chi connectivity index (χ0n) is 20.3. The zero-order valence-corrected chi connectivity index (χ0v) is 22.0. The molecule has 2 saturated heterocycles. The van der Waals surface area contributed by atoms with Gasteiger partial charge in [0.05, 0.1) is 27.2 Å². The molecule has 0 spiro atoms. The van der Waals surface area contributed by atoms with Gasteiger partial charge in [-0.1, -0.05) is 11.8 Å². The van der Waals surface area contributed by atoms with Crippen molar-refractivity contribution in [3.05, 3.63) is 49.9 Å². The molecule has 2 fully saturated rings. The number of benzene rings is 1. The largest absolute Gasteiger partial charge is 0.456 e. The number of carbonyl (C=O) groups is 3. The number of nitrogens with zero attached hydrogens (tertiary/aromatic N) is 4. The number of likely N-dealkylation sites (N-methyl/N-ethyl adjacent to an activating group) is 2. The number of aliphatic hydroxyl groups is 1. The van der Waals surface area contributed by atoms with Gasteiger partial charge in [-0.3, -0.25) is 29.5 Å². The Morgan fingerprint density at radius 2 is 2.00 bits per heavy atom. The van der Waals surface area contributed by atoms with Crippen molar-refractivity contribution in [1.29, 1.82) is 0 Å². The Morgan fingerprint density at radius 3 is 2.58 bits per heavy atom. The second-order valence-corrected chi connectivity index (χ2v) is 12.0. The van der Waals surface area contributed by atoms with Gasteiger partial charge in [0, 0.05) is 38.0 Å². The SMILES string of the molecule is CC(O)[C@H]1C(=O)N2C(C(=O)OCc3ccc([N+](=O)[O-])cc3)=C(SC3CC(C(=O)N(C)C)N(C)C3)S[C@H]12. The zero-order chi connectivity index (χ0) is 26.3. The third-order valence-electron chi connectivity index (χ3n) is 6.49. The highest BCUT2D eigenvalue weighted by atomic mass is 32.2. The lowest BCUT2D eigenvalue weighted by molar-refractivity contribution is -0.384. The maximum Gasteiger partial charge on any atom is 0.357 e. The van der Waals surface area contributed by atoms with E-state index >= 15 is 0 Å². The van der Waals surface area contributed by atoms with Gasteiger partial charge in [-0.2, -0.15) is 0 Å². The number of thioether (sulfide) groups is 2. The van der Waals surface area contributed by atoms with E-state index in [2.05, 4.69) is 0 Å². The molecule has 1 N–H and O–H groups in total. The molecule has 194 valence electrons. The Labute approximate surface area is 216 Å². The molecule has 3 heterocycles. The molecule has 2 amide bonds. The fourth-order valence-electron chi connectivity index (χ4n) is 4.53. The monoisotopic (exact) mass is 536 g/mol. The predicted octanol–water partition coefficient (Wildman–Crippen LogP) is 1.61. The smallest absolute Gasteiger partial charge is 0.357 e. The Balaban J connectivity index is 1.51. The molecule has 1 aromatic rings. The number of ether oxygens (including phenoxy) is 1. The van der Waals surface area contributed by atoms with Gasteiger partial charge in [0.1, 0.15) is 12.0 Å². The average Bonchev–Trinajstić information content (AvgIpc) is 3.34. The van der Waals surface area contributed by atoms with E-state index in [4.69, 9.17) is 4.74 Å². The lowest BCUT2D eigenvalue weighted by atomic mass is 9.92. The van der Waals surface area contributed by atoms with E-state index in [1.54, 1.807) is 25.9 Å². The molecular weight excluding hydrogens is 508 g/mol. The third-order valence-corrected chi connectivity index (χ3v) is 9.30. The summed E-state index contributed by atoms with van der Waals surface area (Å²) in [6.45, 7) is 2.09. The van der Waals surface area contributed by atoms with Crippen LogP contribution < -0.4 is 0 Å². The van der Waals surface area contributed by atoms with Crippen LogP contribution in [0, 0.1) is 16.0 Å². The number of amides is 2. The molecule has 3 aliphatic rings. The highest BCUT2D eigenvalue weighted by molar-refractivity contribution is 8.23. The molecule has 13 heteroatoms. The molecule has 11 nitrogen and oxygen atoms in total. The van der Waals surface area contributed by atoms with E-state index in [-0.39, 0.29) is 46.5 Å². The summed E-state index contributed by atoms with van der Waals surface area (Å²) in [5.41, 5.74) is 0.665. The Hall–Kier alpha value is -2.61. The first kappa shape index (κ1) is 26.5. The van der Waals surface area contributed by atoms with E-state index in [1.807, 2.05) is 11.9 Å². The number of nitro benzene ring substituents is 1. The summed E-state index contributed by atoms with van der Waals surface area (Å²) in [4.78, 5) is 53.8. The van der Waals surface area contributed by atoms with Crippen LogP contribution in [0.2, 0.25) is 0 Å². The maximum atomic E-state index is 13.2. The van der Waals surface area contributed by atoms with Crippen molar-refractivity contribution in [2.45, 2.75) is 42.7 Å². The minimum Gasteiger partial charge on any atom is -0.456 e. The van der Waals surface area contributed by atoms with Crippen molar-refractivity contribution in [1.82, 2.24) is 14.7 Å². The molecule has 0 radical (unpaired) electrons. The summed E-state index contributed by atoms with van der Waals surface area (Å²) in [5.74, 6) is -1.59. The second-order valence-electron chi connectivity index (χ2n) is 9.28. The Kier molecular flexibility index (Phi) is 7.64. The van der Waals surface area contributed by atoms with Crippen LogP contribution in [0.4, 0.5) is 5.69 Å². The van der Waals surface area contributed by atoms with Crippen LogP contribution in [0.25, 0.3) is 0 Å². The standard InChI is InChI=1S/C23H28N4O7S2/c1-12(28)17-20(30)26-18(22(31)34-11-13-5-7-14(8-6-13)27(32)33)23(36-21(17)26)35-15-9-16(25(4)10-15)19(29)24(2)3/h5-8,12,15-17,21,28H,9-11H2,1-4H3/t12?,15?,16?,17-,21+/m0/s1. The van der Waals surface area contributed by atoms with Crippen LogP contribution in [0.3, 0.4) is 0 Å². The number of rotatable bonds is 8. The number of hydrogen-bond donors (Lipinski definition) is 1. The van der Waals surface area contributed by atoms with Gasteiger partial charge >= 0.3 is 5.97 Å². The molecule has 5 atom stereocenters. The first-order valence-electron chi connectivity index (χ1n) is 11.4. The van der Waals surface area contributed by atoms with Crippen LogP contribution >= 0.6 is 23.5 Å². The number of nitro groups is 1. The number of hydrogen-bond acceptors (Lipinski definition) is 10. The molecule has 0 aromatic heterocycles. The molecule has 3 unspecified atom stereocenters. The van der Waals surface area contributed by atoms with Crippen LogP contribution in [-0.4, -0.2) is 93.0 Å². The average molecular weight is 537 g/mol. The molecule has 0 bridgehead atoms. The Morgan fingerprint density at radius 1 is 1.33 bits per heavy atom. The van der Waals surface area contributed by atoms with E-state index in [9.17, 15) is 29.6 Å². The highest BCUT2D eigenvalue weighted by Crippen LogP contribution is 2.55. The number of β-lactam (4-membered cyclic amide) rings is 1. The molecular formula is C23H28N4O7S2. The third kappa shape index (κ3) is 4.97. The Bertz CT molecular complexity index is 1110. The van der Waals surface area contributed by atoms with Gasteiger partial charge in [0.2, 0.25) is 11.8 Å². The van der Waals surface area contributed by atoms with Crippen molar-refractivity contribution < 1.29 is 29.2 Å². The second kappa shape index (κ2) is 10.4. The summed E-state index contributed by atoms with van der Waals surface area (Å²) >= 11 is 2.82. The first-order valence-corrected chi connectivity index (χ1v) is 13.2. The highest BCUT2D eigenvalue weighted by Gasteiger charge is 2.58. The summed E-state index contributed by atoms with van der Waals surface area (Å²) in [6.07, 6.45) is -0.251. The van der Waals surface area contributed by atoms with Gasteiger partial charge in [0.15, 0.2) is 5.70 Å². The quantitative estimate of drug-likeness (QED) is 0.226. The number of non-ortho nitro benzene ring substituents is 1. The minimum absolute atomic E-state index is 0.0181. The molecule has 36 heavy (non-hydrogen) atoms. The molecule has 0 saturated carbocycles. The number of aliphatic hydroxyl groups excluding tert-OH is 1. The van der Waals surface area contributed by atoms with Gasteiger partial charge in [-0.15, -0.1) is 11.8 Å². The van der Waals surface area contributed by atoms with E-state index in [1.165, 1.54) is 52.7 Å². The summed E-state index contributed by atoms with van der Waals surface area (Å²) in [6, 6.07) is 5.43. The van der Waals surface area contributed by atoms with E-state index in [0.29, 0.717) is 22.8 Å². The number of esters is 1. The summed E-state index contributed by atoms with van der Waals surface area (Å²) < 4.78 is 6.14. The van der Waals surface area contributed by atoms with Crippen LogP contribution in [0.5, 0.6) is 0 Å². The lowest BCUT2D eigenvalue weighted by Crippen LogP contribution is -2.60. The van der Waals surface area contributed by atoms with Gasteiger partial charge in [0.25, 0.3) is 5.69 Å². The minimum atomic E-state index is -0.854. The number of carbonyl (C=O) groups excluding carboxylic acids is 3. The molecule has 3 aliphatic heterocycles. The van der Waals surface area contributed by atoms with Gasteiger partial charge in [-0.25, -0.2) is 4.79 Å². The van der Waals surface area contributed by atoms with Crippen LogP contribution in [0.15, 0.2) is 34.2 Å². The van der Waals surface area contributed by atoms with Gasteiger partial charge < -0.3 is 14.7 Å². The number of fused-ring (bicyclic) bond motifs is 1. The molecule has 1 aromatic carbocycles. The fraction of sp³-hybridized carbons (Fsp3) is 0.522. The van der Waals surface area contributed by atoms with Crippen molar-refractivity contribution in [2.24, 2.45) is 5.92 Å². The number of likely N-dealkylation sites (tertiary alicyclic amines) is 1. The van der Waals surface area contributed by atoms with Crippen LogP contribution in [-0.2, 0) is 25.7 Å². The van der Waals surface area contributed by atoms with E-state index in [0.717, 1.165) is 0 Å². The fourth-order valence-corrected chi connectivity index (χ4v) is 7.96. The van der Waals surface area contributed by atoms with Crippen molar-refractivity contribution in [3.8, 4) is 0 Å². The van der Waals surface area contributed by atoms with Crippen LogP contribution in [0.1, 0.15) is 18.9 Å². The topological polar surface area (TPSA) is 134 Å². The van der Waals surface area contributed by atoms with Crippen molar-refractivity contribution >= 4 is 47.0 Å².